The molecule has 30 heavy (non-hydrogen) atoms. The molecule has 1 saturated heterocycles. The number of aromatic nitrogens is 1. The highest BCUT2D eigenvalue weighted by Crippen LogP contribution is 2.35. The maximum Gasteiger partial charge on any atom is 0.340 e. The molecule has 1 aliphatic rings. The zero-order valence-corrected chi connectivity index (χ0v) is 18.9. The number of aryl methyl sites for hydroxylation is 1. The fourth-order valence-electron chi connectivity index (χ4n) is 4.13. The standard InChI is InChI=1S/C23H26BrN3O3/c1-3-30-23(29)22-17-13-21(28)18(24)14-19(17)25(2)20(22)15-26-9-11-27(12-10-26)16-7-5-4-6-8-16/h4-8,13-14,28H,3,9-12,15H2,1-2H3. The van der Waals surface area contributed by atoms with Crippen molar-refractivity contribution in [3.8, 4) is 5.75 Å². The highest BCUT2D eigenvalue weighted by Gasteiger charge is 2.26. The number of anilines is 1. The second-order valence-electron chi connectivity index (χ2n) is 7.52. The summed E-state index contributed by atoms with van der Waals surface area (Å²) in [5, 5.41) is 10.9. The second kappa shape index (κ2) is 8.70. The van der Waals surface area contributed by atoms with Crippen molar-refractivity contribution >= 4 is 38.5 Å². The van der Waals surface area contributed by atoms with Crippen LogP contribution in [0.25, 0.3) is 10.9 Å². The Kier molecular flexibility index (Phi) is 6.01. The first-order chi connectivity index (χ1) is 14.5. The molecule has 7 heteroatoms. The van der Waals surface area contributed by atoms with Gasteiger partial charge in [0, 0.05) is 56.5 Å². The molecule has 0 unspecified atom stereocenters. The maximum absolute atomic E-state index is 12.8. The van der Waals surface area contributed by atoms with E-state index in [1.165, 1.54) is 5.69 Å². The lowest BCUT2D eigenvalue weighted by atomic mass is 10.1. The molecule has 0 atom stereocenters. The van der Waals surface area contributed by atoms with Gasteiger partial charge in [-0.15, -0.1) is 0 Å². The summed E-state index contributed by atoms with van der Waals surface area (Å²) in [4.78, 5) is 17.6. The molecule has 0 spiro atoms. The number of aromatic hydroxyl groups is 1. The van der Waals surface area contributed by atoms with Gasteiger partial charge in [-0.1, -0.05) is 18.2 Å². The minimum Gasteiger partial charge on any atom is -0.507 e. The fourth-order valence-corrected chi connectivity index (χ4v) is 4.46. The highest BCUT2D eigenvalue weighted by molar-refractivity contribution is 9.10. The molecular weight excluding hydrogens is 446 g/mol. The van der Waals surface area contributed by atoms with E-state index in [1.807, 2.05) is 23.7 Å². The monoisotopic (exact) mass is 471 g/mol. The van der Waals surface area contributed by atoms with Crippen LogP contribution in [0.3, 0.4) is 0 Å². The first kappa shape index (κ1) is 20.8. The Morgan fingerprint density at radius 1 is 1.13 bits per heavy atom. The summed E-state index contributed by atoms with van der Waals surface area (Å²) in [5.74, 6) is -0.232. The largest absolute Gasteiger partial charge is 0.507 e. The number of piperazine rings is 1. The van der Waals surface area contributed by atoms with Crippen molar-refractivity contribution in [2.75, 3.05) is 37.7 Å². The third-order valence-electron chi connectivity index (χ3n) is 5.74. The molecule has 158 valence electrons. The summed E-state index contributed by atoms with van der Waals surface area (Å²) in [7, 11) is 1.96. The molecule has 1 N–H and O–H groups in total. The lowest BCUT2D eigenvalue weighted by Gasteiger charge is -2.36. The van der Waals surface area contributed by atoms with Crippen molar-refractivity contribution in [2.24, 2.45) is 7.05 Å². The lowest BCUT2D eigenvalue weighted by Crippen LogP contribution is -2.46. The summed E-state index contributed by atoms with van der Waals surface area (Å²) in [5.41, 5.74) is 3.59. The molecule has 1 aliphatic heterocycles. The number of benzene rings is 2. The fraction of sp³-hybridized carbons (Fsp3) is 0.348. The van der Waals surface area contributed by atoms with Crippen LogP contribution in [0.5, 0.6) is 5.75 Å². The van der Waals surface area contributed by atoms with Gasteiger partial charge < -0.3 is 19.3 Å². The van der Waals surface area contributed by atoms with E-state index in [-0.39, 0.29) is 11.7 Å². The Morgan fingerprint density at radius 3 is 2.50 bits per heavy atom. The Labute approximate surface area is 184 Å². The summed E-state index contributed by atoms with van der Waals surface area (Å²) in [6, 6.07) is 13.9. The number of esters is 1. The molecule has 3 aromatic rings. The molecule has 0 radical (unpaired) electrons. The number of carbonyl (C=O) groups excluding carboxylic acids is 1. The second-order valence-corrected chi connectivity index (χ2v) is 8.38. The van der Waals surface area contributed by atoms with E-state index in [4.69, 9.17) is 4.74 Å². The van der Waals surface area contributed by atoms with Gasteiger partial charge in [0.05, 0.1) is 22.2 Å². The average Bonchev–Trinajstić information content (AvgIpc) is 3.01. The Hall–Kier alpha value is -2.51. The van der Waals surface area contributed by atoms with E-state index in [2.05, 4.69) is 50.0 Å². The molecule has 1 fully saturated rings. The zero-order valence-electron chi connectivity index (χ0n) is 17.3. The SMILES string of the molecule is CCOC(=O)c1c(CN2CCN(c3ccccc3)CC2)n(C)c2cc(Br)c(O)cc12. The predicted molar refractivity (Wildman–Crippen MR) is 122 cm³/mol. The van der Waals surface area contributed by atoms with Gasteiger partial charge in [0.25, 0.3) is 0 Å². The molecule has 1 aromatic heterocycles. The minimum absolute atomic E-state index is 0.113. The summed E-state index contributed by atoms with van der Waals surface area (Å²) in [6.07, 6.45) is 0. The van der Waals surface area contributed by atoms with Gasteiger partial charge in [-0.05, 0) is 47.1 Å². The number of ether oxygens (including phenoxy) is 1. The van der Waals surface area contributed by atoms with E-state index in [1.54, 1.807) is 13.0 Å². The Bertz CT molecular complexity index is 1060. The topological polar surface area (TPSA) is 57.9 Å². The van der Waals surface area contributed by atoms with Crippen LogP contribution < -0.4 is 4.90 Å². The Morgan fingerprint density at radius 2 is 1.83 bits per heavy atom. The van der Waals surface area contributed by atoms with Gasteiger partial charge in [-0.25, -0.2) is 4.79 Å². The van der Waals surface area contributed by atoms with Gasteiger partial charge >= 0.3 is 5.97 Å². The number of hydrogen-bond donors (Lipinski definition) is 1. The van der Waals surface area contributed by atoms with Crippen LogP contribution in [0.2, 0.25) is 0 Å². The number of carbonyl (C=O) groups is 1. The first-order valence-electron chi connectivity index (χ1n) is 10.2. The van der Waals surface area contributed by atoms with Crippen LogP contribution in [-0.2, 0) is 18.3 Å². The summed E-state index contributed by atoms with van der Waals surface area (Å²) in [6.45, 7) is 6.47. The number of phenols is 1. The van der Waals surface area contributed by atoms with Crippen molar-refractivity contribution in [1.29, 1.82) is 0 Å². The number of para-hydroxylation sites is 1. The van der Waals surface area contributed by atoms with Gasteiger partial charge in [0.15, 0.2) is 0 Å². The molecule has 2 heterocycles. The maximum atomic E-state index is 12.8. The molecule has 2 aromatic carbocycles. The minimum atomic E-state index is -0.345. The van der Waals surface area contributed by atoms with E-state index in [9.17, 15) is 9.90 Å². The molecule has 0 bridgehead atoms. The van der Waals surface area contributed by atoms with Crippen molar-refractivity contribution in [1.82, 2.24) is 9.47 Å². The number of phenolic OH excluding ortho intramolecular Hbond substituents is 1. The van der Waals surface area contributed by atoms with Crippen LogP contribution >= 0.6 is 15.9 Å². The van der Waals surface area contributed by atoms with Gasteiger partial charge in [-0.3, -0.25) is 4.90 Å². The third-order valence-corrected chi connectivity index (χ3v) is 6.37. The van der Waals surface area contributed by atoms with Crippen LogP contribution in [0.1, 0.15) is 23.0 Å². The van der Waals surface area contributed by atoms with Crippen LogP contribution in [-0.4, -0.2) is 53.3 Å². The van der Waals surface area contributed by atoms with Crippen molar-refractivity contribution in [3.05, 3.63) is 58.2 Å². The zero-order chi connectivity index (χ0) is 21.3. The number of nitrogens with zero attached hydrogens (tertiary/aromatic N) is 3. The van der Waals surface area contributed by atoms with Crippen LogP contribution in [0.15, 0.2) is 46.9 Å². The summed E-state index contributed by atoms with van der Waals surface area (Å²) < 4.78 is 7.99. The highest BCUT2D eigenvalue weighted by atomic mass is 79.9. The van der Waals surface area contributed by atoms with Crippen LogP contribution in [0, 0.1) is 0 Å². The molecule has 6 nitrogen and oxygen atoms in total. The van der Waals surface area contributed by atoms with E-state index in [0.717, 1.165) is 42.8 Å². The van der Waals surface area contributed by atoms with Crippen molar-refractivity contribution in [3.63, 3.8) is 0 Å². The van der Waals surface area contributed by atoms with E-state index >= 15 is 0 Å². The van der Waals surface area contributed by atoms with Crippen LogP contribution in [0.4, 0.5) is 5.69 Å². The van der Waals surface area contributed by atoms with E-state index in [0.29, 0.717) is 23.2 Å². The number of halogens is 1. The Balaban J connectivity index is 1.61. The van der Waals surface area contributed by atoms with E-state index < -0.39 is 0 Å². The quantitative estimate of drug-likeness (QED) is 0.566. The smallest absolute Gasteiger partial charge is 0.340 e. The normalized spacial score (nSPS) is 15.0. The molecule has 0 aliphatic carbocycles. The molecular formula is C23H26BrN3O3. The first-order valence-corrected chi connectivity index (χ1v) is 11.0. The van der Waals surface area contributed by atoms with Gasteiger partial charge in [-0.2, -0.15) is 0 Å². The van der Waals surface area contributed by atoms with Gasteiger partial charge in [0.1, 0.15) is 5.75 Å². The lowest BCUT2D eigenvalue weighted by molar-refractivity contribution is 0.0525. The molecule has 4 rings (SSSR count). The number of rotatable bonds is 5. The number of hydrogen-bond acceptors (Lipinski definition) is 5. The predicted octanol–water partition coefficient (Wildman–Crippen LogP) is 4.15. The van der Waals surface area contributed by atoms with Crippen molar-refractivity contribution < 1.29 is 14.6 Å². The average molecular weight is 472 g/mol. The summed E-state index contributed by atoms with van der Waals surface area (Å²) >= 11 is 3.38. The van der Waals surface area contributed by atoms with Gasteiger partial charge in [0.2, 0.25) is 0 Å². The number of fused-ring (bicyclic) bond motifs is 1. The van der Waals surface area contributed by atoms with Crippen molar-refractivity contribution in [2.45, 2.75) is 13.5 Å². The molecule has 0 saturated carbocycles. The molecule has 0 amide bonds. The third kappa shape index (κ3) is 3.91.